The molecular weight excluding hydrogens is 639 g/mol. The zero-order chi connectivity index (χ0) is 35.6. The number of anilines is 3. The Labute approximate surface area is 313 Å². The van der Waals surface area contributed by atoms with Crippen molar-refractivity contribution in [3.8, 4) is 22.3 Å². The van der Waals surface area contributed by atoms with Crippen LogP contribution in [0, 0.1) is 0 Å². The third-order valence-corrected chi connectivity index (χ3v) is 12.1. The number of nitrogens with zero attached hydrogens (tertiary/aromatic N) is 1. The minimum atomic E-state index is -0.415. The summed E-state index contributed by atoms with van der Waals surface area (Å²) in [5.41, 5.74) is 19.2. The second kappa shape index (κ2) is 12.2. The standard InChI is InChI=1S/C52H41N/c1-51(2)47-22-12-9-19-43(47)46-34-27-37(35-50(46)51)36-25-30-41(31-26-36)53(40-17-7-4-8-18-40)42-32-28-39(29-33-42)52(38-15-5-3-6-16-38)48-23-13-10-20-44(48)45-21-11-14-24-49(45)52/h3-11,13-21,23-35H,12,22H2,1-2H3. The maximum atomic E-state index is 2.44. The predicted molar refractivity (Wildman–Crippen MR) is 222 cm³/mol. The van der Waals surface area contributed by atoms with E-state index in [9.17, 15) is 0 Å². The Morgan fingerprint density at radius 1 is 0.453 bits per heavy atom. The van der Waals surface area contributed by atoms with Gasteiger partial charge in [-0.05, 0) is 117 Å². The molecule has 3 aliphatic carbocycles. The van der Waals surface area contributed by atoms with Gasteiger partial charge in [0.25, 0.3) is 0 Å². The Morgan fingerprint density at radius 3 is 1.64 bits per heavy atom. The third kappa shape index (κ3) is 4.77. The average Bonchev–Trinajstić information content (AvgIpc) is 3.65. The van der Waals surface area contributed by atoms with Gasteiger partial charge in [-0.1, -0.05) is 165 Å². The Morgan fingerprint density at radius 2 is 0.981 bits per heavy atom. The minimum Gasteiger partial charge on any atom is -0.311 e. The van der Waals surface area contributed by atoms with Crippen molar-refractivity contribution in [3.63, 3.8) is 0 Å². The molecule has 0 N–H and O–H groups in total. The van der Waals surface area contributed by atoms with Gasteiger partial charge in [-0.3, -0.25) is 0 Å². The van der Waals surface area contributed by atoms with Crippen LogP contribution in [0.3, 0.4) is 0 Å². The zero-order valence-corrected chi connectivity index (χ0v) is 30.3. The summed E-state index contributed by atoms with van der Waals surface area (Å²) in [6, 6.07) is 65.1. The van der Waals surface area contributed by atoms with E-state index >= 15 is 0 Å². The average molecular weight is 680 g/mol. The van der Waals surface area contributed by atoms with Gasteiger partial charge < -0.3 is 4.90 Å². The van der Waals surface area contributed by atoms with Gasteiger partial charge >= 0.3 is 0 Å². The molecule has 1 nitrogen and oxygen atoms in total. The van der Waals surface area contributed by atoms with Crippen LogP contribution < -0.4 is 4.90 Å². The van der Waals surface area contributed by atoms with E-state index in [0.717, 1.165) is 29.9 Å². The molecule has 0 unspecified atom stereocenters. The monoisotopic (exact) mass is 679 g/mol. The Balaban J connectivity index is 1.05. The highest BCUT2D eigenvalue weighted by molar-refractivity contribution is 5.89. The summed E-state index contributed by atoms with van der Waals surface area (Å²) in [6.07, 6.45) is 6.97. The lowest BCUT2D eigenvalue weighted by atomic mass is 9.68. The van der Waals surface area contributed by atoms with Crippen molar-refractivity contribution < 1.29 is 0 Å². The number of hydrogen-bond acceptors (Lipinski definition) is 1. The number of benzene rings is 7. The highest BCUT2D eigenvalue weighted by atomic mass is 15.1. The van der Waals surface area contributed by atoms with E-state index in [1.807, 2.05) is 0 Å². The molecule has 10 rings (SSSR count). The lowest BCUT2D eigenvalue weighted by Gasteiger charge is -2.34. The molecule has 0 amide bonds. The van der Waals surface area contributed by atoms with E-state index in [-0.39, 0.29) is 5.41 Å². The molecule has 0 aliphatic heterocycles. The fourth-order valence-electron chi connectivity index (χ4n) is 9.60. The summed E-state index contributed by atoms with van der Waals surface area (Å²) in [4.78, 5) is 2.37. The fourth-order valence-corrected chi connectivity index (χ4v) is 9.60. The van der Waals surface area contributed by atoms with E-state index in [2.05, 4.69) is 207 Å². The van der Waals surface area contributed by atoms with Crippen LogP contribution in [-0.4, -0.2) is 0 Å². The largest absolute Gasteiger partial charge is 0.311 e. The molecule has 0 saturated carbocycles. The van der Waals surface area contributed by atoms with Gasteiger partial charge in [0, 0.05) is 22.5 Å². The van der Waals surface area contributed by atoms with E-state index in [4.69, 9.17) is 0 Å². The van der Waals surface area contributed by atoms with Crippen LogP contribution in [-0.2, 0) is 10.8 Å². The van der Waals surface area contributed by atoms with Gasteiger partial charge in [-0.25, -0.2) is 0 Å². The number of fused-ring (bicyclic) bond motifs is 5. The minimum absolute atomic E-state index is 0.0589. The van der Waals surface area contributed by atoms with Crippen LogP contribution in [0.2, 0.25) is 0 Å². The summed E-state index contributed by atoms with van der Waals surface area (Å²) in [6.45, 7) is 4.80. The van der Waals surface area contributed by atoms with E-state index < -0.39 is 5.41 Å². The quantitative estimate of drug-likeness (QED) is 0.169. The van der Waals surface area contributed by atoms with Crippen molar-refractivity contribution in [1.29, 1.82) is 0 Å². The molecule has 0 atom stereocenters. The summed E-state index contributed by atoms with van der Waals surface area (Å²) in [7, 11) is 0. The van der Waals surface area contributed by atoms with Gasteiger partial charge in [-0.15, -0.1) is 0 Å². The first-order chi connectivity index (χ1) is 26.0. The summed E-state index contributed by atoms with van der Waals surface area (Å²) >= 11 is 0. The molecule has 1 heteroatoms. The number of para-hydroxylation sites is 1. The topological polar surface area (TPSA) is 3.24 Å². The highest BCUT2D eigenvalue weighted by Crippen LogP contribution is 2.56. The van der Waals surface area contributed by atoms with Crippen LogP contribution in [0.25, 0.3) is 27.8 Å². The maximum Gasteiger partial charge on any atom is 0.0713 e. The molecule has 0 heterocycles. The van der Waals surface area contributed by atoms with Crippen LogP contribution in [0.15, 0.2) is 194 Å². The molecule has 0 fully saturated rings. The van der Waals surface area contributed by atoms with Gasteiger partial charge in [0.05, 0.1) is 5.41 Å². The summed E-state index contributed by atoms with van der Waals surface area (Å²) in [5, 5.41) is 0. The van der Waals surface area contributed by atoms with Crippen LogP contribution >= 0.6 is 0 Å². The van der Waals surface area contributed by atoms with Crippen LogP contribution in [0.5, 0.6) is 0 Å². The van der Waals surface area contributed by atoms with Crippen molar-refractivity contribution in [2.45, 2.75) is 37.5 Å². The van der Waals surface area contributed by atoms with Gasteiger partial charge in [-0.2, -0.15) is 0 Å². The first-order valence-electron chi connectivity index (χ1n) is 18.9. The van der Waals surface area contributed by atoms with E-state index in [1.165, 1.54) is 61.2 Å². The van der Waals surface area contributed by atoms with Gasteiger partial charge in [0.2, 0.25) is 0 Å². The molecular formula is C52H41N. The summed E-state index contributed by atoms with van der Waals surface area (Å²) in [5.74, 6) is 0. The molecule has 53 heavy (non-hydrogen) atoms. The lowest BCUT2D eigenvalue weighted by Crippen LogP contribution is -2.28. The molecule has 254 valence electrons. The second-order valence-electron chi connectivity index (χ2n) is 15.2. The molecule has 0 aromatic heterocycles. The molecule has 0 spiro atoms. The van der Waals surface area contributed by atoms with Crippen molar-refractivity contribution in [1.82, 2.24) is 0 Å². The van der Waals surface area contributed by atoms with E-state index in [1.54, 1.807) is 5.57 Å². The Bertz CT molecular complexity index is 2510. The van der Waals surface area contributed by atoms with Crippen LogP contribution in [0.1, 0.15) is 60.1 Å². The zero-order valence-electron chi connectivity index (χ0n) is 30.3. The summed E-state index contributed by atoms with van der Waals surface area (Å²) < 4.78 is 0. The first-order valence-corrected chi connectivity index (χ1v) is 18.9. The molecule has 0 radical (unpaired) electrons. The molecule has 0 bridgehead atoms. The Kier molecular flexibility index (Phi) is 7.27. The first kappa shape index (κ1) is 31.5. The molecule has 7 aromatic rings. The number of rotatable bonds is 6. The Hall–Kier alpha value is -6.18. The van der Waals surface area contributed by atoms with Crippen molar-refractivity contribution in [2.24, 2.45) is 0 Å². The SMILES string of the molecule is CC1(C)C2=C(C=CCC2)c2ccc(-c3ccc(N(c4ccccc4)c4ccc(C5(c6ccccc6)c6ccccc6-c6ccccc65)cc4)cc3)cc21. The lowest BCUT2D eigenvalue weighted by molar-refractivity contribution is 0.607. The maximum absolute atomic E-state index is 2.44. The van der Waals surface area contributed by atoms with Gasteiger partial charge in [0.15, 0.2) is 0 Å². The smallest absolute Gasteiger partial charge is 0.0713 e. The van der Waals surface area contributed by atoms with Crippen molar-refractivity contribution in [3.05, 3.63) is 227 Å². The number of allylic oxidation sites excluding steroid dienone is 4. The molecule has 0 saturated heterocycles. The normalized spacial score (nSPS) is 15.7. The van der Waals surface area contributed by atoms with E-state index in [0.29, 0.717) is 0 Å². The fraction of sp³-hybridized carbons (Fsp3) is 0.115. The van der Waals surface area contributed by atoms with Gasteiger partial charge in [0.1, 0.15) is 0 Å². The predicted octanol–water partition coefficient (Wildman–Crippen LogP) is 13.6. The highest BCUT2D eigenvalue weighted by Gasteiger charge is 2.46. The van der Waals surface area contributed by atoms with Crippen molar-refractivity contribution in [2.75, 3.05) is 4.90 Å². The number of hydrogen-bond donors (Lipinski definition) is 0. The molecule has 7 aromatic carbocycles. The van der Waals surface area contributed by atoms with Crippen molar-refractivity contribution >= 4 is 22.6 Å². The second-order valence-corrected chi connectivity index (χ2v) is 15.2. The van der Waals surface area contributed by atoms with Crippen LogP contribution in [0.4, 0.5) is 17.1 Å². The molecule has 3 aliphatic rings. The third-order valence-electron chi connectivity index (χ3n) is 12.1.